The molecule has 0 aliphatic carbocycles. The summed E-state index contributed by atoms with van der Waals surface area (Å²) in [6.45, 7) is 2.96. The van der Waals surface area contributed by atoms with Crippen LogP contribution in [0.2, 0.25) is 0 Å². The summed E-state index contributed by atoms with van der Waals surface area (Å²) in [6, 6.07) is 14.3. The summed E-state index contributed by atoms with van der Waals surface area (Å²) in [5, 5.41) is 19.1. The minimum absolute atomic E-state index is 0.247. The zero-order chi connectivity index (χ0) is 14.8. The number of hydrogen-bond donors (Lipinski definition) is 2. The van der Waals surface area contributed by atoms with E-state index in [1.54, 1.807) is 30.3 Å². The van der Waals surface area contributed by atoms with Gasteiger partial charge < -0.3 is 10.2 Å². The lowest BCUT2D eigenvalue weighted by molar-refractivity contribution is 0.0488. The fourth-order valence-corrected chi connectivity index (χ4v) is 2.03. The number of aliphatic hydroxyl groups is 1. The first-order valence-electron chi connectivity index (χ1n) is 6.50. The number of phenolic OH excluding ortho intramolecular Hbond substituents is 1. The topological polar surface area (TPSA) is 57.5 Å². The van der Waals surface area contributed by atoms with E-state index >= 15 is 0 Å². The van der Waals surface area contributed by atoms with Crippen molar-refractivity contribution in [2.24, 2.45) is 0 Å². The lowest BCUT2D eigenvalue weighted by Gasteiger charge is -2.15. The number of ketones is 1. The van der Waals surface area contributed by atoms with Crippen molar-refractivity contribution in [2.45, 2.75) is 25.9 Å². The Morgan fingerprint density at radius 2 is 1.70 bits per heavy atom. The molecule has 2 aromatic rings. The number of hydrogen-bond acceptors (Lipinski definition) is 3. The molecule has 3 heteroatoms. The van der Waals surface area contributed by atoms with Crippen LogP contribution in [0.1, 0.15) is 35.3 Å². The largest absolute Gasteiger partial charge is 0.508 e. The average Bonchev–Trinajstić information content (AvgIpc) is 2.38. The van der Waals surface area contributed by atoms with Crippen LogP contribution in [0.3, 0.4) is 0 Å². The fraction of sp³-hybridized carbons (Fsp3) is 0.235. The van der Waals surface area contributed by atoms with Crippen LogP contribution in [0.15, 0.2) is 48.5 Å². The monoisotopic (exact) mass is 270 g/mol. The van der Waals surface area contributed by atoms with Crippen molar-refractivity contribution in [3.63, 3.8) is 0 Å². The molecule has 0 aliphatic heterocycles. The summed E-state index contributed by atoms with van der Waals surface area (Å²) in [4.78, 5) is 11.9. The van der Waals surface area contributed by atoms with E-state index in [1.807, 2.05) is 18.2 Å². The third-order valence-corrected chi connectivity index (χ3v) is 3.09. The number of benzene rings is 2. The Kier molecular flexibility index (Phi) is 3.91. The van der Waals surface area contributed by atoms with E-state index in [9.17, 15) is 15.0 Å². The third kappa shape index (κ3) is 3.45. The van der Waals surface area contributed by atoms with Gasteiger partial charge >= 0.3 is 0 Å². The Balaban J connectivity index is 2.15. The number of carbonyl (C=O) groups excluding carboxylic acids is 1. The highest BCUT2D eigenvalue weighted by Crippen LogP contribution is 2.17. The van der Waals surface area contributed by atoms with Crippen molar-refractivity contribution < 1.29 is 15.0 Å². The summed E-state index contributed by atoms with van der Waals surface area (Å²) in [5.74, 6) is -0.0438. The Bertz CT molecular complexity index is 607. The van der Waals surface area contributed by atoms with Crippen LogP contribution in [0.5, 0.6) is 5.75 Å². The molecule has 3 nitrogen and oxygen atoms in total. The molecule has 2 N–H and O–H groups in total. The van der Waals surface area contributed by atoms with Crippen molar-refractivity contribution in [2.75, 3.05) is 0 Å². The van der Waals surface area contributed by atoms with Gasteiger partial charge in [0.15, 0.2) is 5.78 Å². The molecule has 0 bridgehead atoms. The van der Waals surface area contributed by atoms with Gasteiger partial charge in [0.2, 0.25) is 0 Å². The van der Waals surface area contributed by atoms with Crippen LogP contribution in [0.25, 0.3) is 0 Å². The van der Waals surface area contributed by atoms with E-state index in [2.05, 4.69) is 0 Å². The summed E-state index contributed by atoms with van der Waals surface area (Å²) < 4.78 is 0. The van der Waals surface area contributed by atoms with Gasteiger partial charge in [0.1, 0.15) is 11.4 Å². The quantitative estimate of drug-likeness (QED) is 0.840. The Morgan fingerprint density at radius 1 is 1.05 bits per heavy atom. The van der Waals surface area contributed by atoms with Crippen molar-refractivity contribution in [3.8, 4) is 5.75 Å². The molecule has 104 valence electrons. The first-order chi connectivity index (χ1) is 9.36. The normalized spacial score (nSPS) is 11.3. The van der Waals surface area contributed by atoms with Gasteiger partial charge in [-0.1, -0.05) is 36.4 Å². The molecule has 0 heterocycles. The van der Waals surface area contributed by atoms with Crippen molar-refractivity contribution in [1.29, 1.82) is 0 Å². The van der Waals surface area contributed by atoms with Crippen LogP contribution in [0.4, 0.5) is 0 Å². The molecular weight excluding hydrogens is 252 g/mol. The Hall–Kier alpha value is -2.13. The van der Waals surface area contributed by atoms with Crippen molar-refractivity contribution in [1.82, 2.24) is 0 Å². The molecule has 0 aromatic heterocycles. The van der Waals surface area contributed by atoms with E-state index in [0.29, 0.717) is 12.0 Å². The summed E-state index contributed by atoms with van der Waals surface area (Å²) in [6.07, 6.45) is 0.686. The highest BCUT2D eigenvalue weighted by molar-refractivity contribution is 6.01. The molecular formula is C17H18O3. The molecule has 20 heavy (non-hydrogen) atoms. The van der Waals surface area contributed by atoms with E-state index in [0.717, 1.165) is 11.1 Å². The second kappa shape index (κ2) is 5.47. The highest BCUT2D eigenvalue weighted by atomic mass is 16.3. The maximum Gasteiger partial charge on any atom is 0.193 e. The van der Waals surface area contributed by atoms with Gasteiger partial charge in [-0.05, 0) is 43.5 Å². The van der Waals surface area contributed by atoms with Crippen molar-refractivity contribution in [3.05, 3.63) is 65.2 Å². The molecule has 2 aromatic carbocycles. The minimum atomic E-state index is -1.35. The number of Topliss-reactive ketones (excluding diaryl/α,β-unsaturated/α-hetero) is 1. The zero-order valence-electron chi connectivity index (χ0n) is 11.6. The van der Waals surface area contributed by atoms with Gasteiger partial charge in [-0.2, -0.15) is 0 Å². The number of aromatic hydroxyl groups is 1. The Labute approximate surface area is 118 Å². The summed E-state index contributed by atoms with van der Waals surface area (Å²) in [5.41, 5.74) is 1.19. The van der Waals surface area contributed by atoms with Crippen LogP contribution < -0.4 is 0 Å². The zero-order valence-corrected chi connectivity index (χ0v) is 11.6. The molecule has 0 radical (unpaired) electrons. The summed E-state index contributed by atoms with van der Waals surface area (Å²) >= 11 is 0. The molecule has 2 rings (SSSR count). The second-order valence-corrected chi connectivity index (χ2v) is 5.43. The first kappa shape index (κ1) is 14.3. The lowest BCUT2D eigenvalue weighted by atomic mass is 9.95. The second-order valence-electron chi connectivity index (χ2n) is 5.43. The van der Waals surface area contributed by atoms with E-state index < -0.39 is 5.60 Å². The predicted molar refractivity (Wildman–Crippen MR) is 78.0 cm³/mol. The van der Waals surface area contributed by atoms with Crippen LogP contribution in [-0.4, -0.2) is 21.6 Å². The van der Waals surface area contributed by atoms with Gasteiger partial charge in [0.05, 0.1) is 0 Å². The molecule has 0 unspecified atom stereocenters. The smallest absolute Gasteiger partial charge is 0.193 e. The third-order valence-electron chi connectivity index (χ3n) is 3.09. The molecule has 0 aliphatic rings. The average molecular weight is 270 g/mol. The lowest BCUT2D eigenvalue weighted by Crippen LogP contribution is -2.31. The first-order valence-corrected chi connectivity index (χ1v) is 6.50. The molecule has 0 amide bonds. The Morgan fingerprint density at radius 3 is 2.25 bits per heavy atom. The van der Waals surface area contributed by atoms with Gasteiger partial charge in [0, 0.05) is 5.56 Å². The van der Waals surface area contributed by atoms with Gasteiger partial charge in [-0.15, -0.1) is 0 Å². The molecule has 0 saturated heterocycles. The standard InChI is InChI=1S/C17H18O3/c1-17(2,20)16(19)14-8-6-12(7-9-14)10-13-4-3-5-15(18)11-13/h3-9,11,18,20H,10H2,1-2H3. The summed E-state index contributed by atoms with van der Waals surface area (Å²) in [7, 11) is 0. The van der Waals surface area contributed by atoms with Gasteiger partial charge in [0.25, 0.3) is 0 Å². The van der Waals surface area contributed by atoms with Crippen molar-refractivity contribution >= 4 is 5.78 Å². The number of phenols is 1. The van der Waals surface area contributed by atoms with Crippen LogP contribution >= 0.6 is 0 Å². The predicted octanol–water partition coefficient (Wildman–Crippen LogP) is 2.94. The van der Waals surface area contributed by atoms with Gasteiger partial charge in [-0.25, -0.2) is 0 Å². The molecule has 0 spiro atoms. The molecule has 0 fully saturated rings. The maximum absolute atomic E-state index is 11.9. The van der Waals surface area contributed by atoms with E-state index in [1.165, 1.54) is 13.8 Å². The SMILES string of the molecule is CC(C)(O)C(=O)c1ccc(Cc2cccc(O)c2)cc1. The number of carbonyl (C=O) groups is 1. The van der Waals surface area contributed by atoms with E-state index in [4.69, 9.17) is 0 Å². The number of rotatable bonds is 4. The van der Waals surface area contributed by atoms with Crippen LogP contribution in [-0.2, 0) is 6.42 Å². The maximum atomic E-state index is 11.9. The minimum Gasteiger partial charge on any atom is -0.508 e. The van der Waals surface area contributed by atoms with Gasteiger partial charge in [-0.3, -0.25) is 4.79 Å². The highest BCUT2D eigenvalue weighted by Gasteiger charge is 2.24. The van der Waals surface area contributed by atoms with E-state index in [-0.39, 0.29) is 11.5 Å². The van der Waals surface area contributed by atoms with Crippen LogP contribution in [0, 0.1) is 0 Å². The molecule has 0 saturated carbocycles. The fourth-order valence-electron chi connectivity index (χ4n) is 2.03. The molecule has 0 atom stereocenters.